The Morgan fingerprint density at radius 3 is 2.25 bits per heavy atom. The summed E-state index contributed by atoms with van der Waals surface area (Å²) < 4.78 is 4.78. The summed E-state index contributed by atoms with van der Waals surface area (Å²) >= 11 is 0. The molecule has 0 saturated carbocycles. The van der Waals surface area contributed by atoms with E-state index >= 15 is 0 Å². The maximum absolute atomic E-state index is 11.1. The molecule has 0 unspecified atom stereocenters. The van der Waals surface area contributed by atoms with Crippen molar-refractivity contribution in [2.75, 3.05) is 19.8 Å². The SMILES string of the molecule is CCCOC(=O)C(C)(CO)CO. The van der Waals surface area contributed by atoms with Crippen LogP contribution < -0.4 is 0 Å². The maximum atomic E-state index is 11.1. The van der Waals surface area contributed by atoms with Gasteiger partial charge in [-0.05, 0) is 13.3 Å². The second kappa shape index (κ2) is 5.11. The van der Waals surface area contributed by atoms with E-state index in [-0.39, 0.29) is 0 Å². The lowest BCUT2D eigenvalue weighted by atomic mass is 9.93. The molecule has 4 heteroatoms. The standard InChI is InChI=1S/C8H16O4/c1-3-4-12-7(11)8(2,5-9)6-10/h9-10H,3-6H2,1-2H3. The largest absolute Gasteiger partial charge is 0.465 e. The molecule has 4 nitrogen and oxygen atoms in total. The molecule has 0 atom stereocenters. The van der Waals surface area contributed by atoms with Gasteiger partial charge in [0.1, 0.15) is 5.41 Å². The molecule has 0 aromatic heterocycles. The maximum Gasteiger partial charge on any atom is 0.316 e. The Morgan fingerprint density at radius 2 is 1.92 bits per heavy atom. The molecule has 0 aromatic carbocycles. The number of aliphatic hydroxyl groups is 2. The fourth-order valence-corrected chi connectivity index (χ4v) is 0.548. The van der Waals surface area contributed by atoms with Crippen LogP contribution in [0, 0.1) is 5.41 Å². The Kier molecular flexibility index (Phi) is 4.85. The third-order valence-corrected chi connectivity index (χ3v) is 1.63. The number of rotatable bonds is 5. The highest BCUT2D eigenvalue weighted by Gasteiger charge is 2.33. The van der Waals surface area contributed by atoms with Gasteiger partial charge in [-0.1, -0.05) is 6.92 Å². The van der Waals surface area contributed by atoms with Gasteiger partial charge in [-0.3, -0.25) is 4.79 Å². The Bertz CT molecular complexity index is 140. The van der Waals surface area contributed by atoms with Crippen molar-refractivity contribution in [3.63, 3.8) is 0 Å². The van der Waals surface area contributed by atoms with E-state index in [9.17, 15) is 4.79 Å². The van der Waals surface area contributed by atoms with Crippen molar-refractivity contribution in [3.8, 4) is 0 Å². The number of carbonyl (C=O) groups excluding carboxylic acids is 1. The van der Waals surface area contributed by atoms with Gasteiger partial charge in [0.15, 0.2) is 0 Å². The molecule has 72 valence electrons. The topological polar surface area (TPSA) is 66.8 Å². The molecule has 12 heavy (non-hydrogen) atoms. The minimum atomic E-state index is -1.16. The zero-order chi connectivity index (χ0) is 9.61. The van der Waals surface area contributed by atoms with Crippen LogP contribution in [0.1, 0.15) is 20.3 Å². The van der Waals surface area contributed by atoms with Gasteiger partial charge in [-0.2, -0.15) is 0 Å². The van der Waals surface area contributed by atoms with E-state index in [1.165, 1.54) is 6.92 Å². The van der Waals surface area contributed by atoms with Gasteiger partial charge in [-0.15, -0.1) is 0 Å². The van der Waals surface area contributed by atoms with Gasteiger partial charge in [0.25, 0.3) is 0 Å². The quantitative estimate of drug-likeness (QED) is 0.575. The monoisotopic (exact) mass is 176 g/mol. The van der Waals surface area contributed by atoms with Gasteiger partial charge >= 0.3 is 5.97 Å². The van der Waals surface area contributed by atoms with Crippen LogP contribution in [0.25, 0.3) is 0 Å². The fraction of sp³-hybridized carbons (Fsp3) is 0.875. The summed E-state index contributed by atoms with van der Waals surface area (Å²) in [5.74, 6) is -0.547. The van der Waals surface area contributed by atoms with Crippen molar-refractivity contribution in [1.29, 1.82) is 0 Å². The van der Waals surface area contributed by atoms with Crippen molar-refractivity contribution >= 4 is 5.97 Å². The normalized spacial score (nSPS) is 11.3. The molecule has 0 bridgehead atoms. The third-order valence-electron chi connectivity index (χ3n) is 1.63. The number of esters is 1. The molecule has 0 rings (SSSR count). The summed E-state index contributed by atoms with van der Waals surface area (Å²) in [5, 5.41) is 17.6. The average Bonchev–Trinajstić information content (AvgIpc) is 2.12. The zero-order valence-corrected chi connectivity index (χ0v) is 7.54. The predicted molar refractivity (Wildman–Crippen MR) is 43.5 cm³/mol. The molecule has 2 N–H and O–H groups in total. The van der Waals surface area contributed by atoms with Crippen molar-refractivity contribution in [1.82, 2.24) is 0 Å². The summed E-state index contributed by atoms with van der Waals surface area (Å²) in [6.45, 7) is 2.88. The van der Waals surface area contributed by atoms with E-state index < -0.39 is 24.6 Å². The molecular weight excluding hydrogens is 160 g/mol. The molecular formula is C8H16O4. The average molecular weight is 176 g/mol. The first-order valence-corrected chi connectivity index (χ1v) is 3.99. The predicted octanol–water partition coefficient (Wildman–Crippen LogP) is -0.0695. The Hall–Kier alpha value is -0.610. The molecule has 0 aliphatic carbocycles. The molecule has 0 aliphatic heterocycles. The Morgan fingerprint density at radius 1 is 1.42 bits per heavy atom. The van der Waals surface area contributed by atoms with Crippen molar-refractivity contribution in [3.05, 3.63) is 0 Å². The van der Waals surface area contributed by atoms with Crippen LogP contribution in [0.4, 0.5) is 0 Å². The molecule has 0 saturated heterocycles. The lowest BCUT2D eigenvalue weighted by Gasteiger charge is -2.21. The smallest absolute Gasteiger partial charge is 0.316 e. The molecule has 0 heterocycles. The summed E-state index contributed by atoms with van der Waals surface area (Å²) in [4.78, 5) is 11.1. The van der Waals surface area contributed by atoms with E-state index in [0.29, 0.717) is 6.61 Å². The molecule has 0 amide bonds. The highest BCUT2D eigenvalue weighted by Crippen LogP contribution is 2.16. The number of carbonyl (C=O) groups is 1. The molecule has 0 radical (unpaired) electrons. The van der Waals surface area contributed by atoms with Crippen LogP contribution in [0.15, 0.2) is 0 Å². The minimum Gasteiger partial charge on any atom is -0.465 e. The molecule has 0 spiro atoms. The van der Waals surface area contributed by atoms with Gasteiger partial charge in [0.05, 0.1) is 19.8 Å². The summed E-state index contributed by atoms with van der Waals surface area (Å²) in [6, 6.07) is 0. The Labute approximate surface area is 72.2 Å². The van der Waals surface area contributed by atoms with Crippen molar-refractivity contribution in [2.45, 2.75) is 20.3 Å². The first-order valence-electron chi connectivity index (χ1n) is 3.99. The van der Waals surface area contributed by atoms with Gasteiger partial charge < -0.3 is 14.9 Å². The zero-order valence-electron chi connectivity index (χ0n) is 7.54. The van der Waals surface area contributed by atoms with E-state index in [4.69, 9.17) is 14.9 Å². The Balaban J connectivity index is 4.03. The van der Waals surface area contributed by atoms with Crippen LogP contribution in [-0.2, 0) is 9.53 Å². The van der Waals surface area contributed by atoms with Crippen LogP contribution >= 0.6 is 0 Å². The number of hydrogen-bond donors (Lipinski definition) is 2. The minimum absolute atomic E-state index is 0.328. The highest BCUT2D eigenvalue weighted by atomic mass is 16.5. The number of ether oxygens (including phenoxy) is 1. The lowest BCUT2D eigenvalue weighted by Crippen LogP contribution is -2.37. The van der Waals surface area contributed by atoms with Crippen LogP contribution in [0.2, 0.25) is 0 Å². The van der Waals surface area contributed by atoms with Crippen LogP contribution in [0.3, 0.4) is 0 Å². The summed E-state index contributed by atoms with van der Waals surface area (Å²) in [6.07, 6.45) is 0.735. The molecule has 0 fully saturated rings. The van der Waals surface area contributed by atoms with Gasteiger partial charge in [0.2, 0.25) is 0 Å². The van der Waals surface area contributed by atoms with Crippen LogP contribution in [0.5, 0.6) is 0 Å². The number of aliphatic hydroxyl groups excluding tert-OH is 2. The van der Waals surface area contributed by atoms with E-state index in [2.05, 4.69) is 0 Å². The van der Waals surface area contributed by atoms with E-state index in [0.717, 1.165) is 6.42 Å². The van der Waals surface area contributed by atoms with E-state index in [1.54, 1.807) is 0 Å². The van der Waals surface area contributed by atoms with Crippen molar-refractivity contribution in [2.24, 2.45) is 5.41 Å². The van der Waals surface area contributed by atoms with Crippen molar-refractivity contribution < 1.29 is 19.7 Å². The number of hydrogen-bond acceptors (Lipinski definition) is 4. The first-order chi connectivity index (χ1) is 5.60. The van der Waals surface area contributed by atoms with Crippen LogP contribution in [-0.4, -0.2) is 36.0 Å². The third kappa shape index (κ3) is 2.79. The second-order valence-electron chi connectivity index (χ2n) is 3.01. The van der Waals surface area contributed by atoms with Gasteiger partial charge in [-0.25, -0.2) is 0 Å². The first kappa shape index (κ1) is 11.4. The van der Waals surface area contributed by atoms with Gasteiger partial charge in [0, 0.05) is 0 Å². The highest BCUT2D eigenvalue weighted by molar-refractivity contribution is 5.76. The lowest BCUT2D eigenvalue weighted by molar-refractivity contribution is -0.160. The summed E-state index contributed by atoms with van der Waals surface area (Å²) in [7, 11) is 0. The van der Waals surface area contributed by atoms with E-state index in [1.807, 2.05) is 6.92 Å². The molecule has 0 aliphatic rings. The fourth-order valence-electron chi connectivity index (χ4n) is 0.548. The molecule has 0 aromatic rings. The second-order valence-corrected chi connectivity index (χ2v) is 3.01. The summed E-state index contributed by atoms with van der Waals surface area (Å²) in [5.41, 5.74) is -1.16.